The average molecular weight is 406 g/mol. The largest absolute Gasteiger partial charge is 0.344 e. The van der Waals surface area contributed by atoms with Crippen molar-refractivity contribution < 1.29 is 4.79 Å². The first-order chi connectivity index (χ1) is 14.6. The Morgan fingerprint density at radius 3 is 2.47 bits per heavy atom. The van der Waals surface area contributed by atoms with Crippen LogP contribution in [0.15, 0.2) is 67.4 Å². The van der Waals surface area contributed by atoms with E-state index in [2.05, 4.69) is 53.1 Å². The second kappa shape index (κ2) is 11.1. The number of hydrogen-bond acceptors (Lipinski definition) is 3. The van der Waals surface area contributed by atoms with Crippen LogP contribution in [0.25, 0.3) is 10.9 Å². The molecule has 1 saturated heterocycles. The summed E-state index contributed by atoms with van der Waals surface area (Å²) < 4.78 is 2.41. The van der Waals surface area contributed by atoms with E-state index in [0.717, 1.165) is 50.7 Å². The van der Waals surface area contributed by atoms with E-state index in [-0.39, 0.29) is 0 Å². The summed E-state index contributed by atoms with van der Waals surface area (Å²) in [4.78, 5) is 13.4. The number of aromatic nitrogens is 1. The Balaban J connectivity index is 0.000000572. The van der Waals surface area contributed by atoms with Gasteiger partial charge in [0.15, 0.2) is 0 Å². The maximum atomic E-state index is 10.8. The summed E-state index contributed by atoms with van der Waals surface area (Å²) in [5.41, 5.74) is 8.82. The third kappa shape index (κ3) is 6.28. The molecule has 4 heteroatoms. The van der Waals surface area contributed by atoms with Crippen LogP contribution in [0.1, 0.15) is 43.7 Å². The Hall–Kier alpha value is -2.43. The standard InChI is InChI=1S/C23H28N2O.C3H7N/c1-3-5-19(4-2)8-13-24-14-10-22(11-15-24)25-16-9-21-7-6-20(12-17-26)18-23(21)25;4-3-1-2-3/h3-7,9,16-18,22H,1-2,8,10-15H2;3H,1-2,4H2/b19-5+;. The number of carbonyl (C=O) groups excluding carboxylic acids is 1. The minimum atomic E-state index is 0.490. The molecule has 2 aromatic rings. The number of nitrogens with zero attached hydrogens (tertiary/aromatic N) is 2. The van der Waals surface area contributed by atoms with Crippen molar-refractivity contribution >= 4 is 17.2 Å². The second-order valence-electron chi connectivity index (χ2n) is 8.33. The lowest BCUT2D eigenvalue weighted by Gasteiger charge is -2.33. The Morgan fingerprint density at radius 2 is 1.87 bits per heavy atom. The molecule has 0 bridgehead atoms. The van der Waals surface area contributed by atoms with Gasteiger partial charge in [-0.15, -0.1) is 0 Å². The minimum Gasteiger partial charge on any atom is -0.344 e. The summed E-state index contributed by atoms with van der Waals surface area (Å²) in [5, 5.41) is 1.26. The van der Waals surface area contributed by atoms with Crippen LogP contribution in [0.3, 0.4) is 0 Å². The fourth-order valence-electron chi connectivity index (χ4n) is 3.95. The highest BCUT2D eigenvalue weighted by molar-refractivity contribution is 5.81. The van der Waals surface area contributed by atoms with Gasteiger partial charge in [-0.05, 0) is 60.8 Å². The molecule has 0 unspecified atom stereocenters. The summed E-state index contributed by atoms with van der Waals surface area (Å²) in [6.45, 7) is 11.0. The number of likely N-dealkylation sites (tertiary alicyclic amines) is 1. The van der Waals surface area contributed by atoms with E-state index >= 15 is 0 Å². The smallest absolute Gasteiger partial charge is 0.124 e. The van der Waals surface area contributed by atoms with Crippen LogP contribution >= 0.6 is 0 Å². The molecule has 2 heterocycles. The molecule has 2 N–H and O–H groups in total. The molecule has 30 heavy (non-hydrogen) atoms. The van der Waals surface area contributed by atoms with Gasteiger partial charge >= 0.3 is 0 Å². The summed E-state index contributed by atoms with van der Waals surface area (Å²) in [5.74, 6) is 0. The highest BCUT2D eigenvalue weighted by Crippen LogP contribution is 2.28. The summed E-state index contributed by atoms with van der Waals surface area (Å²) in [6, 6.07) is 9.66. The zero-order valence-corrected chi connectivity index (χ0v) is 18.0. The highest BCUT2D eigenvalue weighted by Gasteiger charge is 2.21. The number of piperidine rings is 1. The van der Waals surface area contributed by atoms with Crippen LogP contribution in [-0.2, 0) is 11.2 Å². The first kappa shape index (κ1) is 22.3. The van der Waals surface area contributed by atoms with Crippen molar-refractivity contribution in [2.24, 2.45) is 5.73 Å². The first-order valence-corrected chi connectivity index (χ1v) is 11.1. The van der Waals surface area contributed by atoms with Gasteiger partial charge in [0.1, 0.15) is 6.29 Å². The molecule has 1 aliphatic carbocycles. The minimum absolute atomic E-state index is 0.490. The van der Waals surface area contributed by atoms with Crippen LogP contribution in [-0.4, -0.2) is 41.4 Å². The third-order valence-corrected chi connectivity index (χ3v) is 5.99. The predicted octanol–water partition coefficient (Wildman–Crippen LogP) is 4.82. The van der Waals surface area contributed by atoms with Crippen LogP contribution in [0.5, 0.6) is 0 Å². The van der Waals surface area contributed by atoms with Gasteiger partial charge < -0.3 is 20.0 Å². The topological polar surface area (TPSA) is 51.3 Å². The van der Waals surface area contributed by atoms with E-state index in [4.69, 9.17) is 5.73 Å². The molecule has 0 atom stereocenters. The van der Waals surface area contributed by atoms with Crippen LogP contribution < -0.4 is 5.73 Å². The van der Waals surface area contributed by atoms with Crippen LogP contribution in [0, 0.1) is 0 Å². The van der Waals surface area contributed by atoms with Crippen molar-refractivity contribution in [3.8, 4) is 0 Å². The van der Waals surface area contributed by atoms with Gasteiger partial charge in [-0.3, -0.25) is 0 Å². The van der Waals surface area contributed by atoms with E-state index in [0.29, 0.717) is 18.5 Å². The van der Waals surface area contributed by atoms with Gasteiger partial charge in [-0.1, -0.05) is 43.5 Å². The van der Waals surface area contributed by atoms with E-state index in [1.165, 1.54) is 29.3 Å². The molecule has 0 spiro atoms. The monoisotopic (exact) mass is 405 g/mol. The van der Waals surface area contributed by atoms with Crippen molar-refractivity contribution in [2.75, 3.05) is 19.6 Å². The fraction of sp³-hybridized carbons (Fsp3) is 0.423. The van der Waals surface area contributed by atoms with Gasteiger partial charge in [-0.25, -0.2) is 0 Å². The molecule has 1 aromatic carbocycles. The molecule has 160 valence electrons. The molecule has 2 fully saturated rings. The zero-order chi connectivity index (χ0) is 21.3. The van der Waals surface area contributed by atoms with Crippen molar-refractivity contribution in [2.45, 2.75) is 50.6 Å². The number of allylic oxidation sites excluding steroid dienone is 3. The number of aldehydes is 1. The molecule has 4 rings (SSSR count). The van der Waals surface area contributed by atoms with Crippen molar-refractivity contribution in [1.82, 2.24) is 9.47 Å². The molecule has 1 aromatic heterocycles. The normalized spacial score (nSPS) is 18.0. The quantitative estimate of drug-likeness (QED) is 0.506. The Bertz CT molecular complexity index is 883. The van der Waals surface area contributed by atoms with Gasteiger partial charge in [0.05, 0.1) is 0 Å². The van der Waals surface area contributed by atoms with Gasteiger partial charge in [0, 0.05) is 49.9 Å². The van der Waals surface area contributed by atoms with E-state index in [9.17, 15) is 4.79 Å². The van der Waals surface area contributed by atoms with Gasteiger partial charge in [-0.2, -0.15) is 0 Å². The number of benzene rings is 1. The molecular formula is C26H35N3O. The maximum Gasteiger partial charge on any atom is 0.124 e. The summed E-state index contributed by atoms with van der Waals surface area (Å²) in [6.07, 6.45) is 15.4. The average Bonchev–Trinajstić information content (AvgIpc) is 3.44. The SMILES string of the molecule is C=C/C=C(\C=C)CCN1CCC(n2ccc3ccc(CC=O)cc32)CC1.NC1CC1. The van der Waals surface area contributed by atoms with Crippen LogP contribution in [0.2, 0.25) is 0 Å². The maximum absolute atomic E-state index is 10.8. The second-order valence-corrected chi connectivity index (χ2v) is 8.33. The number of rotatable bonds is 8. The number of carbonyl (C=O) groups is 1. The van der Waals surface area contributed by atoms with E-state index < -0.39 is 0 Å². The summed E-state index contributed by atoms with van der Waals surface area (Å²) >= 11 is 0. The lowest BCUT2D eigenvalue weighted by Crippen LogP contribution is -2.35. The van der Waals surface area contributed by atoms with Gasteiger partial charge in [0.25, 0.3) is 0 Å². The Morgan fingerprint density at radius 1 is 1.13 bits per heavy atom. The van der Waals surface area contributed by atoms with Crippen molar-refractivity contribution in [1.29, 1.82) is 0 Å². The van der Waals surface area contributed by atoms with Crippen LogP contribution in [0.4, 0.5) is 0 Å². The highest BCUT2D eigenvalue weighted by atomic mass is 16.1. The van der Waals surface area contributed by atoms with Gasteiger partial charge in [0.2, 0.25) is 0 Å². The van der Waals surface area contributed by atoms with Crippen molar-refractivity contribution in [3.63, 3.8) is 0 Å². The van der Waals surface area contributed by atoms with E-state index in [1.54, 1.807) is 0 Å². The molecule has 0 radical (unpaired) electrons. The number of nitrogens with two attached hydrogens (primary N) is 1. The molecular weight excluding hydrogens is 370 g/mol. The molecule has 2 aliphatic rings. The lowest BCUT2D eigenvalue weighted by molar-refractivity contribution is -0.107. The Kier molecular flexibility index (Phi) is 8.23. The molecule has 4 nitrogen and oxygen atoms in total. The summed E-state index contributed by atoms with van der Waals surface area (Å²) in [7, 11) is 0. The Labute approximate surface area is 180 Å². The molecule has 1 saturated carbocycles. The van der Waals surface area contributed by atoms with Crippen molar-refractivity contribution in [3.05, 3.63) is 73.0 Å². The number of fused-ring (bicyclic) bond motifs is 1. The van der Waals surface area contributed by atoms with E-state index in [1.807, 2.05) is 18.2 Å². The first-order valence-electron chi connectivity index (χ1n) is 11.1. The molecule has 1 aliphatic heterocycles. The molecule has 0 amide bonds. The number of hydrogen-bond donors (Lipinski definition) is 1. The fourth-order valence-corrected chi connectivity index (χ4v) is 3.95. The zero-order valence-electron chi connectivity index (χ0n) is 18.0. The third-order valence-electron chi connectivity index (χ3n) is 5.99. The predicted molar refractivity (Wildman–Crippen MR) is 127 cm³/mol. The lowest BCUT2D eigenvalue weighted by atomic mass is 10.0.